The summed E-state index contributed by atoms with van der Waals surface area (Å²) in [5.74, 6) is -2.33. The SMILES string of the molecule is CC(=O)NC1C(OC(C)=O)[C@@H](OC(C)=O)C(COC(C)=O)O[C@@H]1Cl. The average molecular weight is 366 g/mol. The molecule has 0 aromatic heterocycles. The number of amides is 1. The van der Waals surface area contributed by atoms with Gasteiger partial charge in [0.05, 0.1) is 0 Å². The first-order valence-electron chi connectivity index (χ1n) is 7.16. The van der Waals surface area contributed by atoms with E-state index < -0.39 is 53.7 Å². The molecule has 1 N–H and O–H groups in total. The molecule has 0 saturated carbocycles. The van der Waals surface area contributed by atoms with Gasteiger partial charge in [0.1, 0.15) is 18.8 Å². The van der Waals surface area contributed by atoms with Crippen molar-refractivity contribution in [2.75, 3.05) is 6.61 Å². The molecule has 0 aromatic rings. The van der Waals surface area contributed by atoms with Gasteiger partial charge in [0.25, 0.3) is 0 Å². The van der Waals surface area contributed by atoms with E-state index in [0.29, 0.717) is 0 Å². The molecule has 10 heteroatoms. The number of carbonyl (C=O) groups excluding carboxylic acids is 4. The van der Waals surface area contributed by atoms with Gasteiger partial charge >= 0.3 is 17.9 Å². The van der Waals surface area contributed by atoms with Crippen molar-refractivity contribution in [3.63, 3.8) is 0 Å². The van der Waals surface area contributed by atoms with Gasteiger partial charge in [-0.25, -0.2) is 0 Å². The second-order valence-electron chi connectivity index (χ2n) is 5.20. The van der Waals surface area contributed by atoms with Crippen molar-refractivity contribution in [1.29, 1.82) is 0 Å². The minimum Gasteiger partial charge on any atom is -0.463 e. The molecule has 1 rings (SSSR count). The van der Waals surface area contributed by atoms with Crippen molar-refractivity contribution < 1.29 is 38.1 Å². The summed E-state index contributed by atoms with van der Waals surface area (Å²) in [7, 11) is 0. The predicted octanol–water partition coefficient (Wildman–Crippen LogP) is -0.119. The fraction of sp³-hybridized carbons (Fsp3) is 0.714. The molecule has 1 heterocycles. The largest absolute Gasteiger partial charge is 0.463 e. The Labute approximate surface area is 143 Å². The van der Waals surface area contributed by atoms with E-state index in [1.54, 1.807) is 0 Å². The van der Waals surface area contributed by atoms with Crippen molar-refractivity contribution in [1.82, 2.24) is 5.32 Å². The van der Waals surface area contributed by atoms with Crippen LogP contribution in [0.5, 0.6) is 0 Å². The number of ether oxygens (including phenoxy) is 4. The average Bonchev–Trinajstić information content (AvgIpc) is 2.42. The Balaban J connectivity index is 3.11. The first kappa shape index (κ1) is 20.2. The number of hydrogen-bond donors (Lipinski definition) is 1. The summed E-state index contributed by atoms with van der Waals surface area (Å²) < 4.78 is 20.7. The van der Waals surface area contributed by atoms with Gasteiger partial charge in [-0.15, -0.1) is 0 Å². The normalized spacial score (nSPS) is 29.3. The summed E-state index contributed by atoms with van der Waals surface area (Å²) in [5.41, 5.74) is -1.09. The molecule has 1 aliphatic heterocycles. The molecule has 1 amide bonds. The fourth-order valence-corrected chi connectivity index (χ4v) is 2.62. The number of rotatable bonds is 5. The molecule has 1 aliphatic rings. The number of alkyl halides is 1. The lowest BCUT2D eigenvalue weighted by atomic mass is 9.97. The van der Waals surface area contributed by atoms with Crippen LogP contribution >= 0.6 is 11.6 Å². The lowest BCUT2D eigenvalue weighted by molar-refractivity contribution is -0.212. The van der Waals surface area contributed by atoms with Gasteiger partial charge < -0.3 is 24.3 Å². The maximum absolute atomic E-state index is 11.4. The Morgan fingerprint density at radius 1 is 0.958 bits per heavy atom. The third kappa shape index (κ3) is 5.97. The van der Waals surface area contributed by atoms with Crippen LogP contribution in [0.3, 0.4) is 0 Å². The van der Waals surface area contributed by atoms with Crippen LogP contribution in [0, 0.1) is 0 Å². The van der Waals surface area contributed by atoms with Crippen molar-refractivity contribution in [2.45, 2.75) is 57.6 Å². The van der Waals surface area contributed by atoms with Crippen LogP contribution in [0.4, 0.5) is 0 Å². The van der Waals surface area contributed by atoms with Crippen molar-refractivity contribution >= 4 is 35.4 Å². The minimum atomic E-state index is -1.11. The molecule has 0 bridgehead atoms. The van der Waals surface area contributed by atoms with Gasteiger partial charge in [-0.2, -0.15) is 0 Å². The monoisotopic (exact) mass is 365 g/mol. The van der Waals surface area contributed by atoms with E-state index in [1.807, 2.05) is 0 Å². The van der Waals surface area contributed by atoms with Gasteiger partial charge in [-0.05, 0) is 0 Å². The van der Waals surface area contributed by atoms with Crippen LogP contribution in [0.25, 0.3) is 0 Å². The molecule has 0 aliphatic carbocycles. The van der Waals surface area contributed by atoms with E-state index >= 15 is 0 Å². The van der Waals surface area contributed by atoms with Gasteiger partial charge in [0.15, 0.2) is 17.8 Å². The van der Waals surface area contributed by atoms with Crippen molar-refractivity contribution in [3.8, 4) is 0 Å². The molecule has 5 atom stereocenters. The third-order valence-electron chi connectivity index (χ3n) is 3.06. The molecule has 1 fully saturated rings. The number of hydrogen-bond acceptors (Lipinski definition) is 8. The van der Waals surface area contributed by atoms with E-state index in [9.17, 15) is 19.2 Å². The van der Waals surface area contributed by atoms with Gasteiger partial charge in [0, 0.05) is 27.7 Å². The highest BCUT2D eigenvalue weighted by Gasteiger charge is 2.50. The maximum Gasteiger partial charge on any atom is 0.303 e. The van der Waals surface area contributed by atoms with Crippen LogP contribution in [0.1, 0.15) is 27.7 Å². The Morgan fingerprint density at radius 3 is 1.96 bits per heavy atom. The number of nitrogens with one attached hydrogen (secondary N) is 1. The molecule has 9 nitrogen and oxygen atoms in total. The topological polar surface area (TPSA) is 117 Å². The van der Waals surface area contributed by atoms with E-state index in [-0.39, 0.29) is 6.61 Å². The minimum absolute atomic E-state index is 0.263. The molecule has 0 radical (unpaired) electrons. The summed E-state index contributed by atoms with van der Waals surface area (Å²) in [4.78, 5) is 45.2. The molecule has 0 aromatic carbocycles. The molecular weight excluding hydrogens is 346 g/mol. The second kappa shape index (κ2) is 8.84. The standard InChI is InChI=1S/C14H20ClNO8/c1-6(17)16-11-13(23-9(4)20)12(22-8(3)19)10(24-14(11)15)5-21-7(2)18/h10-14H,5H2,1-4H3,(H,16,17)/t10?,11?,12-,13?,14-/m0/s1. The lowest BCUT2D eigenvalue weighted by Gasteiger charge is -2.43. The summed E-state index contributed by atoms with van der Waals surface area (Å²) in [6.45, 7) is 4.51. The Hall–Kier alpha value is -1.87. The Kier molecular flexibility index (Phi) is 7.43. The Bertz CT molecular complexity index is 511. The maximum atomic E-state index is 11.4. The highest BCUT2D eigenvalue weighted by atomic mass is 35.5. The van der Waals surface area contributed by atoms with Gasteiger partial charge in [-0.1, -0.05) is 11.6 Å². The van der Waals surface area contributed by atoms with Crippen LogP contribution in [0.2, 0.25) is 0 Å². The highest BCUT2D eigenvalue weighted by molar-refractivity contribution is 6.20. The lowest BCUT2D eigenvalue weighted by Crippen LogP contribution is -2.64. The zero-order valence-electron chi connectivity index (χ0n) is 13.7. The van der Waals surface area contributed by atoms with E-state index in [4.69, 9.17) is 30.5 Å². The zero-order valence-corrected chi connectivity index (χ0v) is 14.5. The van der Waals surface area contributed by atoms with Gasteiger partial charge in [-0.3, -0.25) is 19.2 Å². The number of halogens is 1. The first-order chi connectivity index (χ1) is 11.1. The summed E-state index contributed by atoms with van der Waals surface area (Å²) in [6.07, 6.45) is -3.18. The Morgan fingerprint density at radius 2 is 1.50 bits per heavy atom. The van der Waals surface area contributed by atoms with Crippen LogP contribution < -0.4 is 5.32 Å². The fourth-order valence-electron chi connectivity index (χ4n) is 2.28. The van der Waals surface area contributed by atoms with Crippen molar-refractivity contribution in [3.05, 3.63) is 0 Å². The van der Waals surface area contributed by atoms with Crippen molar-refractivity contribution in [2.24, 2.45) is 0 Å². The van der Waals surface area contributed by atoms with Gasteiger partial charge in [0.2, 0.25) is 5.91 Å². The van der Waals surface area contributed by atoms with E-state index in [1.165, 1.54) is 13.8 Å². The van der Waals surface area contributed by atoms with Crippen LogP contribution in [-0.4, -0.2) is 60.3 Å². The molecular formula is C14H20ClNO8. The summed E-state index contributed by atoms with van der Waals surface area (Å²) in [5, 5.41) is 2.50. The molecule has 24 heavy (non-hydrogen) atoms. The highest BCUT2D eigenvalue weighted by Crippen LogP contribution is 2.28. The van der Waals surface area contributed by atoms with Crippen LogP contribution in [-0.2, 0) is 38.1 Å². The molecule has 3 unspecified atom stereocenters. The summed E-state index contributed by atoms with van der Waals surface area (Å²) in [6, 6.07) is -0.953. The zero-order chi connectivity index (χ0) is 18.4. The smallest absolute Gasteiger partial charge is 0.303 e. The number of esters is 3. The van der Waals surface area contributed by atoms with E-state index in [0.717, 1.165) is 13.8 Å². The number of carbonyl (C=O) groups is 4. The molecule has 0 spiro atoms. The van der Waals surface area contributed by atoms with Crippen LogP contribution in [0.15, 0.2) is 0 Å². The first-order valence-corrected chi connectivity index (χ1v) is 7.60. The second-order valence-corrected chi connectivity index (χ2v) is 5.63. The quantitative estimate of drug-likeness (QED) is 0.407. The third-order valence-corrected chi connectivity index (χ3v) is 3.43. The molecule has 136 valence electrons. The summed E-state index contributed by atoms with van der Waals surface area (Å²) >= 11 is 6.11. The van der Waals surface area contributed by atoms with E-state index in [2.05, 4.69) is 5.32 Å². The molecule has 1 saturated heterocycles. The predicted molar refractivity (Wildman–Crippen MR) is 79.9 cm³/mol.